The summed E-state index contributed by atoms with van der Waals surface area (Å²) in [7, 11) is 0. The van der Waals surface area contributed by atoms with Gasteiger partial charge in [0.1, 0.15) is 11.8 Å². The van der Waals surface area contributed by atoms with Gasteiger partial charge in [0.2, 0.25) is 5.91 Å². The van der Waals surface area contributed by atoms with E-state index in [0.717, 1.165) is 47.9 Å². The van der Waals surface area contributed by atoms with E-state index in [0.29, 0.717) is 22.2 Å². The topological polar surface area (TPSA) is 58.6 Å². The van der Waals surface area contributed by atoms with Gasteiger partial charge in [-0.25, -0.2) is 0 Å². The summed E-state index contributed by atoms with van der Waals surface area (Å²) in [6.45, 7) is 3.99. The van der Waals surface area contributed by atoms with Gasteiger partial charge in [0.05, 0.1) is 10.0 Å². The molecule has 3 aromatic carbocycles. The van der Waals surface area contributed by atoms with Crippen molar-refractivity contribution in [2.75, 3.05) is 6.61 Å². The molecule has 1 saturated carbocycles. The first-order chi connectivity index (χ1) is 18.8. The number of hydrogen-bond acceptors (Lipinski definition) is 3. The molecular formula is C32H36Cl2N2O3. The highest BCUT2D eigenvalue weighted by atomic mass is 35.5. The number of rotatable bonds is 10. The summed E-state index contributed by atoms with van der Waals surface area (Å²) in [5, 5.41) is 4.09. The second-order valence-corrected chi connectivity index (χ2v) is 11.2. The summed E-state index contributed by atoms with van der Waals surface area (Å²) in [6, 6.07) is 20.3. The maximum atomic E-state index is 13.8. The third-order valence-electron chi connectivity index (χ3n) is 7.12. The van der Waals surface area contributed by atoms with Crippen LogP contribution in [0.15, 0.2) is 66.7 Å². The van der Waals surface area contributed by atoms with Gasteiger partial charge in [-0.1, -0.05) is 84.9 Å². The maximum absolute atomic E-state index is 13.8. The summed E-state index contributed by atoms with van der Waals surface area (Å²) in [4.78, 5) is 29.3. The number of nitrogens with zero attached hydrogens (tertiary/aromatic N) is 1. The number of amides is 2. The quantitative estimate of drug-likeness (QED) is 0.285. The zero-order valence-electron chi connectivity index (χ0n) is 22.6. The fraction of sp³-hybridized carbons (Fsp3) is 0.375. The highest BCUT2D eigenvalue weighted by Crippen LogP contribution is 2.25. The summed E-state index contributed by atoms with van der Waals surface area (Å²) < 4.78 is 5.95. The lowest BCUT2D eigenvalue weighted by atomic mass is 9.94. The second kappa shape index (κ2) is 13.9. The van der Waals surface area contributed by atoms with E-state index in [2.05, 4.69) is 11.4 Å². The van der Waals surface area contributed by atoms with Crippen molar-refractivity contribution in [1.29, 1.82) is 0 Å². The molecule has 0 radical (unpaired) electrons. The monoisotopic (exact) mass is 566 g/mol. The summed E-state index contributed by atoms with van der Waals surface area (Å²) in [5.74, 6) is 0.201. The lowest BCUT2D eigenvalue weighted by Gasteiger charge is -2.33. The number of hydrogen-bond donors (Lipinski definition) is 1. The molecule has 0 saturated heterocycles. The summed E-state index contributed by atoms with van der Waals surface area (Å²) in [5.41, 5.74) is 3.87. The molecule has 0 aromatic heterocycles. The molecule has 2 amide bonds. The van der Waals surface area contributed by atoms with E-state index in [4.69, 9.17) is 27.9 Å². The lowest BCUT2D eigenvalue weighted by molar-refractivity contribution is -0.143. The predicted octanol–water partition coefficient (Wildman–Crippen LogP) is 7.08. The van der Waals surface area contributed by atoms with Crippen LogP contribution in [0.2, 0.25) is 10.0 Å². The summed E-state index contributed by atoms with van der Waals surface area (Å²) in [6.07, 6.45) is 5.70. The fourth-order valence-electron chi connectivity index (χ4n) is 5.18. The first-order valence-corrected chi connectivity index (χ1v) is 14.3. The average molecular weight is 568 g/mol. The van der Waals surface area contributed by atoms with Crippen molar-refractivity contribution < 1.29 is 14.3 Å². The zero-order valence-corrected chi connectivity index (χ0v) is 24.1. The van der Waals surface area contributed by atoms with Crippen LogP contribution in [0.3, 0.4) is 0 Å². The number of benzene rings is 3. The molecule has 5 nitrogen and oxygen atoms in total. The van der Waals surface area contributed by atoms with E-state index < -0.39 is 6.04 Å². The van der Waals surface area contributed by atoms with E-state index in [1.807, 2.05) is 62.4 Å². The molecule has 1 atom stereocenters. The van der Waals surface area contributed by atoms with E-state index >= 15 is 0 Å². The Morgan fingerprint density at radius 2 is 1.59 bits per heavy atom. The Morgan fingerprint density at radius 3 is 2.26 bits per heavy atom. The van der Waals surface area contributed by atoms with Gasteiger partial charge < -0.3 is 15.0 Å². The van der Waals surface area contributed by atoms with E-state index in [1.165, 1.54) is 6.42 Å². The number of halogens is 2. The Labute approximate surface area is 241 Å². The Kier molecular flexibility index (Phi) is 10.3. The molecule has 1 fully saturated rings. The van der Waals surface area contributed by atoms with Crippen molar-refractivity contribution >= 4 is 35.0 Å². The molecule has 39 heavy (non-hydrogen) atoms. The number of aryl methyl sites for hydroxylation is 2. The van der Waals surface area contributed by atoms with E-state index in [-0.39, 0.29) is 31.0 Å². The van der Waals surface area contributed by atoms with Gasteiger partial charge in [-0.15, -0.1) is 0 Å². The maximum Gasteiger partial charge on any atom is 0.261 e. The van der Waals surface area contributed by atoms with Crippen LogP contribution >= 0.6 is 23.2 Å². The van der Waals surface area contributed by atoms with Crippen molar-refractivity contribution in [3.8, 4) is 5.75 Å². The number of carbonyl (C=O) groups excluding carboxylic acids is 2. The molecule has 206 valence electrons. The van der Waals surface area contributed by atoms with Crippen LogP contribution in [0.1, 0.15) is 54.4 Å². The minimum Gasteiger partial charge on any atom is -0.484 e. The van der Waals surface area contributed by atoms with Crippen LogP contribution in [-0.2, 0) is 22.6 Å². The lowest BCUT2D eigenvalue weighted by Crippen LogP contribution is -2.53. The fourth-order valence-corrected chi connectivity index (χ4v) is 5.50. The molecule has 3 aromatic rings. The Morgan fingerprint density at radius 1 is 0.897 bits per heavy atom. The number of ether oxygens (including phenoxy) is 1. The minimum atomic E-state index is -0.723. The number of nitrogens with one attached hydrogen (secondary N) is 1. The normalized spacial score (nSPS) is 14.5. The largest absolute Gasteiger partial charge is 0.484 e. The van der Waals surface area contributed by atoms with Gasteiger partial charge in [-0.05, 0) is 73.2 Å². The van der Waals surface area contributed by atoms with Crippen molar-refractivity contribution in [2.24, 2.45) is 0 Å². The van der Waals surface area contributed by atoms with Gasteiger partial charge in [0.15, 0.2) is 6.61 Å². The van der Waals surface area contributed by atoms with Crippen LogP contribution in [0.5, 0.6) is 5.75 Å². The molecule has 1 aliphatic rings. The standard InChI is InChI=1S/C32H36Cl2N2O3/c1-22-15-23(2)17-27(16-22)39-21-31(37)36(20-25-13-14-28(33)29(34)18-25)30(19-24-9-5-3-6-10-24)32(38)35-26-11-7-4-8-12-26/h3,5-6,9-10,13-18,26,30H,4,7-8,11-12,19-21H2,1-2H3,(H,35,38)/t30-/m0/s1. The van der Waals surface area contributed by atoms with Crippen molar-refractivity contribution in [1.82, 2.24) is 10.2 Å². The molecule has 0 unspecified atom stereocenters. The second-order valence-electron chi connectivity index (χ2n) is 10.4. The zero-order chi connectivity index (χ0) is 27.8. The molecule has 1 N–H and O–H groups in total. The molecule has 0 spiro atoms. The van der Waals surface area contributed by atoms with E-state index in [9.17, 15) is 9.59 Å². The van der Waals surface area contributed by atoms with Crippen molar-refractivity contribution in [2.45, 2.75) is 71.0 Å². The minimum absolute atomic E-state index is 0.123. The highest BCUT2D eigenvalue weighted by molar-refractivity contribution is 6.42. The first kappa shape index (κ1) is 29.0. The van der Waals surface area contributed by atoms with Gasteiger partial charge in [0.25, 0.3) is 5.91 Å². The molecular weight excluding hydrogens is 531 g/mol. The van der Waals surface area contributed by atoms with Crippen LogP contribution in [0.25, 0.3) is 0 Å². The molecule has 0 heterocycles. The van der Waals surface area contributed by atoms with Crippen molar-refractivity contribution in [3.63, 3.8) is 0 Å². The van der Waals surface area contributed by atoms with Gasteiger partial charge in [0, 0.05) is 19.0 Å². The van der Waals surface area contributed by atoms with Crippen molar-refractivity contribution in [3.05, 3.63) is 99.0 Å². The van der Waals surface area contributed by atoms with Gasteiger partial charge in [-0.2, -0.15) is 0 Å². The SMILES string of the molecule is Cc1cc(C)cc(OCC(=O)N(Cc2ccc(Cl)c(Cl)c2)[C@@H](Cc2ccccc2)C(=O)NC2CCCCC2)c1. The molecule has 0 aliphatic heterocycles. The van der Waals surface area contributed by atoms with Crippen LogP contribution in [0.4, 0.5) is 0 Å². The van der Waals surface area contributed by atoms with Crippen LogP contribution in [-0.4, -0.2) is 35.4 Å². The smallest absolute Gasteiger partial charge is 0.261 e. The van der Waals surface area contributed by atoms with Gasteiger partial charge in [-0.3, -0.25) is 9.59 Å². The Balaban J connectivity index is 1.63. The highest BCUT2D eigenvalue weighted by Gasteiger charge is 2.32. The Hall–Kier alpha value is -3.02. The molecule has 1 aliphatic carbocycles. The summed E-state index contributed by atoms with van der Waals surface area (Å²) >= 11 is 12.5. The molecule has 0 bridgehead atoms. The molecule has 4 rings (SSSR count). The molecule has 7 heteroatoms. The first-order valence-electron chi connectivity index (χ1n) is 13.6. The third kappa shape index (κ3) is 8.48. The number of carbonyl (C=O) groups is 2. The van der Waals surface area contributed by atoms with Gasteiger partial charge >= 0.3 is 0 Å². The Bertz CT molecular complexity index is 1260. The predicted molar refractivity (Wildman–Crippen MR) is 157 cm³/mol. The third-order valence-corrected chi connectivity index (χ3v) is 7.86. The van der Waals surface area contributed by atoms with Crippen LogP contribution in [0, 0.1) is 13.8 Å². The van der Waals surface area contributed by atoms with E-state index in [1.54, 1.807) is 17.0 Å². The average Bonchev–Trinajstić information content (AvgIpc) is 2.92. The van der Waals surface area contributed by atoms with Crippen LogP contribution < -0.4 is 10.1 Å².